The first-order valence-electron chi connectivity index (χ1n) is 5.63. The van der Waals surface area contributed by atoms with Crippen molar-refractivity contribution in [1.29, 1.82) is 0 Å². The molecule has 0 spiro atoms. The molecule has 1 rings (SSSR count). The van der Waals surface area contributed by atoms with E-state index in [1.807, 2.05) is 0 Å². The molecule has 104 valence electrons. The van der Waals surface area contributed by atoms with Gasteiger partial charge in [0.05, 0.1) is 18.7 Å². The van der Waals surface area contributed by atoms with Gasteiger partial charge in [0.25, 0.3) is 5.91 Å². The lowest BCUT2D eigenvalue weighted by atomic mass is 10.1. The number of amides is 2. The van der Waals surface area contributed by atoms with Crippen molar-refractivity contribution in [1.82, 2.24) is 10.6 Å². The van der Waals surface area contributed by atoms with Crippen molar-refractivity contribution in [2.45, 2.75) is 0 Å². The first kappa shape index (κ1) is 15.3. The Morgan fingerprint density at radius 1 is 1.37 bits per heavy atom. The minimum atomic E-state index is -0.443. The van der Waals surface area contributed by atoms with Crippen molar-refractivity contribution < 1.29 is 14.3 Å². The molecule has 6 nitrogen and oxygen atoms in total. The van der Waals surface area contributed by atoms with Crippen molar-refractivity contribution in [3.05, 3.63) is 28.8 Å². The first-order valence-corrected chi connectivity index (χ1v) is 6.01. The summed E-state index contributed by atoms with van der Waals surface area (Å²) in [7, 11) is 1.54. The molecule has 0 aromatic heterocycles. The number of methoxy groups -OCH3 is 1. The summed E-state index contributed by atoms with van der Waals surface area (Å²) in [5.41, 5.74) is 6.21. The number of ether oxygens (including phenoxy) is 1. The van der Waals surface area contributed by atoms with Gasteiger partial charge in [-0.15, -0.1) is 0 Å². The Hall–Kier alpha value is -1.79. The summed E-state index contributed by atoms with van der Waals surface area (Å²) in [4.78, 5) is 23.2. The van der Waals surface area contributed by atoms with Crippen LogP contribution in [0.25, 0.3) is 0 Å². The summed E-state index contributed by atoms with van der Waals surface area (Å²) >= 11 is 5.78. The second kappa shape index (κ2) is 7.60. The minimum Gasteiger partial charge on any atom is -0.398 e. The molecule has 0 bridgehead atoms. The van der Waals surface area contributed by atoms with E-state index in [-0.39, 0.29) is 18.0 Å². The number of halogens is 1. The van der Waals surface area contributed by atoms with Gasteiger partial charge >= 0.3 is 0 Å². The monoisotopic (exact) mass is 285 g/mol. The highest BCUT2D eigenvalue weighted by molar-refractivity contribution is 6.31. The van der Waals surface area contributed by atoms with E-state index in [1.165, 1.54) is 19.2 Å². The Labute approximate surface area is 116 Å². The van der Waals surface area contributed by atoms with E-state index in [9.17, 15) is 9.59 Å². The van der Waals surface area contributed by atoms with Gasteiger partial charge in [0.2, 0.25) is 5.91 Å². The Morgan fingerprint density at radius 2 is 2.11 bits per heavy atom. The fraction of sp³-hybridized carbons (Fsp3) is 0.333. The van der Waals surface area contributed by atoms with Gasteiger partial charge in [0.1, 0.15) is 0 Å². The lowest BCUT2D eigenvalue weighted by molar-refractivity contribution is -0.120. The zero-order chi connectivity index (χ0) is 14.3. The van der Waals surface area contributed by atoms with Crippen LogP contribution < -0.4 is 16.4 Å². The number of hydrogen-bond acceptors (Lipinski definition) is 4. The molecule has 4 N–H and O–H groups in total. The molecular weight excluding hydrogens is 270 g/mol. The summed E-state index contributed by atoms with van der Waals surface area (Å²) in [5, 5.41) is 5.45. The highest BCUT2D eigenvalue weighted by atomic mass is 35.5. The SMILES string of the molecule is COCCNC(=O)CNC(=O)c1cc(Cl)ccc1N. The van der Waals surface area contributed by atoms with Gasteiger partial charge < -0.3 is 21.1 Å². The normalized spacial score (nSPS) is 10.0. The number of nitrogens with two attached hydrogens (primary N) is 1. The van der Waals surface area contributed by atoms with Gasteiger partial charge in [-0.25, -0.2) is 0 Å². The van der Waals surface area contributed by atoms with Crippen LogP contribution in [0.5, 0.6) is 0 Å². The predicted molar refractivity (Wildman–Crippen MR) is 73.1 cm³/mol. The molecule has 7 heteroatoms. The topological polar surface area (TPSA) is 93.5 Å². The minimum absolute atomic E-state index is 0.130. The molecule has 1 aromatic rings. The molecule has 0 aliphatic carbocycles. The van der Waals surface area contributed by atoms with Gasteiger partial charge in [0.15, 0.2) is 0 Å². The number of hydrogen-bond donors (Lipinski definition) is 3. The van der Waals surface area contributed by atoms with Crippen molar-refractivity contribution in [3.63, 3.8) is 0 Å². The van der Waals surface area contributed by atoms with E-state index in [2.05, 4.69) is 10.6 Å². The average molecular weight is 286 g/mol. The zero-order valence-corrected chi connectivity index (χ0v) is 11.3. The Kier molecular flexibility index (Phi) is 6.11. The lowest BCUT2D eigenvalue weighted by Crippen LogP contribution is -2.38. The Balaban J connectivity index is 2.47. The number of anilines is 1. The molecule has 1 aromatic carbocycles. The van der Waals surface area contributed by atoms with Crippen LogP contribution in [0.1, 0.15) is 10.4 Å². The van der Waals surface area contributed by atoms with Gasteiger partial charge in [-0.1, -0.05) is 11.6 Å². The van der Waals surface area contributed by atoms with Crippen molar-refractivity contribution in [2.75, 3.05) is 32.5 Å². The van der Waals surface area contributed by atoms with Crippen LogP contribution in [0.3, 0.4) is 0 Å². The highest BCUT2D eigenvalue weighted by Gasteiger charge is 2.11. The van der Waals surface area contributed by atoms with Gasteiger partial charge in [-0.2, -0.15) is 0 Å². The quantitative estimate of drug-likeness (QED) is 0.521. The summed E-state index contributed by atoms with van der Waals surface area (Å²) in [6, 6.07) is 4.58. The number of carbonyl (C=O) groups excluding carboxylic acids is 2. The molecule has 2 amide bonds. The summed E-state index contributed by atoms with van der Waals surface area (Å²) < 4.78 is 4.78. The summed E-state index contributed by atoms with van der Waals surface area (Å²) in [6.45, 7) is 0.680. The molecule has 19 heavy (non-hydrogen) atoms. The van der Waals surface area contributed by atoms with Crippen LogP contribution in [0.15, 0.2) is 18.2 Å². The van der Waals surface area contributed by atoms with Crippen LogP contribution in [0.4, 0.5) is 5.69 Å². The third kappa shape index (κ3) is 5.15. The molecular formula is C12H16ClN3O3. The highest BCUT2D eigenvalue weighted by Crippen LogP contribution is 2.17. The second-order valence-electron chi connectivity index (χ2n) is 3.76. The van der Waals surface area contributed by atoms with E-state index >= 15 is 0 Å². The number of rotatable bonds is 6. The van der Waals surface area contributed by atoms with Crippen LogP contribution in [-0.2, 0) is 9.53 Å². The molecule has 0 aliphatic heterocycles. The molecule has 0 aliphatic rings. The average Bonchev–Trinajstić information content (AvgIpc) is 2.39. The number of nitrogens with one attached hydrogen (secondary N) is 2. The summed E-state index contributed by atoms with van der Waals surface area (Å²) in [6.07, 6.45) is 0. The van der Waals surface area contributed by atoms with Crippen molar-refractivity contribution in [3.8, 4) is 0 Å². The van der Waals surface area contributed by atoms with E-state index < -0.39 is 5.91 Å². The van der Waals surface area contributed by atoms with E-state index in [4.69, 9.17) is 22.1 Å². The van der Waals surface area contributed by atoms with E-state index in [1.54, 1.807) is 6.07 Å². The maximum Gasteiger partial charge on any atom is 0.253 e. The smallest absolute Gasteiger partial charge is 0.253 e. The van der Waals surface area contributed by atoms with Crippen LogP contribution in [0.2, 0.25) is 5.02 Å². The molecule has 0 unspecified atom stereocenters. The van der Waals surface area contributed by atoms with Crippen molar-refractivity contribution in [2.24, 2.45) is 0 Å². The van der Waals surface area contributed by atoms with Gasteiger partial charge in [0, 0.05) is 24.4 Å². The molecule has 0 heterocycles. The van der Waals surface area contributed by atoms with Gasteiger partial charge in [-0.3, -0.25) is 9.59 Å². The predicted octanol–water partition coefficient (Wildman–Crippen LogP) is 0.415. The Bertz CT molecular complexity index is 466. The fourth-order valence-electron chi connectivity index (χ4n) is 1.34. The third-order valence-corrected chi connectivity index (χ3v) is 2.53. The van der Waals surface area contributed by atoms with E-state index in [0.717, 1.165) is 0 Å². The maximum atomic E-state index is 11.8. The van der Waals surface area contributed by atoms with Crippen LogP contribution in [0, 0.1) is 0 Å². The third-order valence-electron chi connectivity index (χ3n) is 2.30. The van der Waals surface area contributed by atoms with Gasteiger partial charge in [-0.05, 0) is 18.2 Å². The molecule has 0 atom stereocenters. The number of benzene rings is 1. The first-order chi connectivity index (χ1) is 9.04. The number of nitrogen functional groups attached to an aromatic ring is 1. The fourth-order valence-corrected chi connectivity index (χ4v) is 1.51. The van der Waals surface area contributed by atoms with Crippen molar-refractivity contribution >= 4 is 29.1 Å². The number of carbonyl (C=O) groups is 2. The second-order valence-corrected chi connectivity index (χ2v) is 4.19. The Morgan fingerprint density at radius 3 is 2.79 bits per heavy atom. The zero-order valence-electron chi connectivity index (χ0n) is 10.5. The van der Waals surface area contributed by atoms with Crippen LogP contribution >= 0.6 is 11.6 Å². The van der Waals surface area contributed by atoms with Crippen LogP contribution in [-0.4, -0.2) is 38.6 Å². The largest absolute Gasteiger partial charge is 0.398 e. The lowest BCUT2D eigenvalue weighted by Gasteiger charge is -2.08. The molecule has 0 radical (unpaired) electrons. The molecule has 0 saturated heterocycles. The molecule has 0 fully saturated rings. The standard InChI is InChI=1S/C12H16ClN3O3/c1-19-5-4-15-11(17)7-16-12(18)9-6-8(13)2-3-10(9)14/h2-3,6H,4-5,7,14H2,1H3,(H,15,17)(H,16,18). The molecule has 0 saturated carbocycles. The summed E-state index contributed by atoms with van der Waals surface area (Å²) in [5.74, 6) is -0.743. The maximum absolute atomic E-state index is 11.8. The van der Waals surface area contributed by atoms with E-state index in [0.29, 0.717) is 23.9 Å².